The minimum absolute atomic E-state index is 0.112. The van der Waals surface area contributed by atoms with Crippen LogP contribution in [-0.4, -0.2) is 76.3 Å². The van der Waals surface area contributed by atoms with Crippen LogP contribution in [-0.2, 0) is 20.3 Å². The zero-order valence-electron chi connectivity index (χ0n) is 27.8. The number of nitrogens with zero attached hydrogens (tertiary/aromatic N) is 2. The normalized spacial score (nSPS) is 11.8. The Kier molecular flexibility index (Phi) is 13.7. The first-order valence-corrected chi connectivity index (χ1v) is 18.5. The number of hydrogen-bond acceptors (Lipinski definition) is 9. The monoisotopic (exact) mass is 649 g/mol. The number of halogens is 1. The SMILES string of the molecule is COC(=O)c1nc(NCCCO[Si](C)(C)C(C)(C)C)sc1CCCOc1ccc(C#CCN(C)C(=O)OC(C)(C)C)cc1F. The molecule has 0 saturated carbocycles. The molecule has 0 aliphatic carbocycles. The second-order valence-corrected chi connectivity index (χ2v) is 18.8. The number of esters is 1. The first kappa shape index (κ1) is 37.0. The lowest BCUT2D eigenvalue weighted by Gasteiger charge is -2.36. The second kappa shape index (κ2) is 16.2. The van der Waals surface area contributed by atoms with Gasteiger partial charge in [0.25, 0.3) is 0 Å². The van der Waals surface area contributed by atoms with E-state index >= 15 is 0 Å². The van der Waals surface area contributed by atoms with Gasteiger partial charge >= 0.3 is 12.1 Å². The van der Waals surface area contributed by atoms with Gasteiger partial charge in [-0.15, -0.1) is 11.3 Å². The molecule has 0 fully saturated rings. The van der Waals surface area contributed by atoms with Crippen LogP contribution in [0.25, 0.3) is 0 Å². The lowest BCUT2D eigenvalue weighted by molar-refractivity contribution is 0.0320. The van der Waals surface area contributed by atoms with Gasteiger partial charge < -0.3 is 28.9 Å². The molecule has 1 heterocycles. The molecule has 0 radical (unpaired) electrons. The van der Waals surface area contributed by atoms with Crippen molar-refractivity contribution < 1.29 is 32.6 Å². The number of ether oxygens (including phenoxy) is 3. The fourth-order valence-electron chi connectivity index (χ4n) is 3.44. The van der Waals surface area contributed by atoms with Gasteiger partial charge in [0.2, 0.25) is 0 Å². The third-order valence-corrected chi connectivity index (χ3v) is 12.5. The molecule has 0 saturated heterocycles. The van der Waals surface area contributed by atoms with Gasteiger partial charge in [0, 0.05) is 30.6 Å². The largest absolute Gasteiger partial charge is 0.491 e. The molecule has 9 nitrogen and oxygen atoms in total. The maximum absolute atomic E-state index is 14.7. The Morgan fingerprint density at radius 2 is 1.82 bits per heavy atom. The fourth-order valence-corrected chi connectivity index (χ4v) is 5.54. The topological polar surface area (TPSA) is 99.2 Å². The Balaban J connectivity index is 1.86. The predicted octanol–water partition coefficient (Wildman–Crippen LogP) is 7.12. The van der Waals surface area contributed by atoms with Crippen LogP contribution in [0.2, 0.25) is 18.1 Å². The molecular formula is C32H48FN3O6SSi. The molecule has 0 spiro atoms. The summed E-state index contributed by atoms with van der Waals surface area (Å²) in [5.74, 6) is 4.79. The molecule has 0 atom stereocenters. The number of benzene rings is 1. The summed E-state index contributed by atoms with van der Waals surface area (Å²) in [6.45, 7) is 18.2. The predicted molar refractivity (Wildman–Crippen MR) is 176 cm³/mol. The number of nitrogens with one attached hydrogen (secondary N) is 1. The van der Waals surface area contributed by atoms with E-state index in [9.17, 15) is 14.0 Å². The highest BCUT2D eigenvalue weighted by molar-refractivity contribution is 7.15. The van der Waals surface area contributed by atoms with E-state index in [4.69, 9.17) is 18.6 Å². The number of rotatable bonds is 13. The quantitative estimate of drug-likeness (QED) is 0.106. The van der Waals surface area contributed by atoms with Gasteiger partial charge in [-0.25, -0.2) is 19.0 Å². The van der Waals surface area contributed by atoms with Crippen molar-refractivity contribution in [1.29, 1.82) is 0 Å². The number of hydrogen-bond donors (Lipinski definition) is 1. The van der Waals surface area contributed by atoms with Crippen molar-refractivity contribution in [3.63, 3.8) is 0 Å². The van der Waals surface area contributed by atoms with E-state index < -0.39 is 31.8 Å². The summed E-state index contributed by atoms with van der Waals surface area (Å²) in [4.78, 5) is 30.9. The van der Waals surface area contributed by atoms with E-state index in [0.29, 0.717) is 36.7 Å². The van der Waals surface area contributed by atoms with Crippen LogP contribution in [0.3, 0.4) is 0 Å². The highest BCUT2D eigenvalue weighted by Crippen LogP contribution is 2.36. The zero-order valence-corrected chi connectivity index (χ0v) is 29.6. The standard InChI is InChI=1S/C32H48FN3O6SSi/c1-31(2,3)42-30(38)36(7)19-11-14-23-16-17-25(24(33)22-23)40-20-12-15-26-27(28(37)39-8)35-29(43-26)34-18-13-21-41-44(9,10)32(4,5)6/h16-17,22H,12-13,15,18-21H2,1-10H3,(H,34,35). The summed E-state index contributed by atoms with van der Waals surface area (Å²) in [5.41, 5.74) is 0.151. The highest BCUT2D eigenvalue weighted by atomic mass is 32.1. The molecule has 2 aromatic rings. The molecule has 244 valence electrons. The molecule has 12 heteroatoms. The Morgan fingerprint density at radius 1 is 1.11 bits per heavy atom. The fraction of sp³-hybridized carbons (Fsp3) is 0.594. The number of carbonyl (C=O) groups is 2. The van der Waals surface area contributed by atoms with Crippen LogP contribution in [0, 0.1) is 17.7 Å². The first-order chi connectivity index (χ1) is 20.4. The van der Waals surface area contributed by atoms with Crippen molar-refractivity contribution in [3.05, 3.63) is 40.2 Å². The summed E-state index contributed by atoms with van der Waals surface area (Å²) in [6.07, 6.45) is 1.41. The number of amides is 1. The van der Waals surface area contributed by atoms with Crippen molar-refractivity contribution in [2.75, 3.05) is 45.8 Å². The summed E-state index contributed by atoms with van der Waals surface area (Å²) in [5, 5.41) is 4.10. The molecule has 0 aliphatic rings. The zero-order chi connectivity index (χ0) is 33.1. The molecule has 44 heavy (non-hydrogen) atoms. The van der Waals surface area contributed by atoms with Gasteiger partial charge in [0.15, 0.2) is 30.7 Å². The molecule has 1 N–H and O–H groups in total. The number of carbonyl (C=O) groups excluding carboxylic acids is 2. The highest BCUT2D eigenvalue weighted by Gasteiger charge is 2.36. The van der Waals surface area contributed by atoms with E-state index in [1.54, 1.807) is 33.9 Å². The van der Waals surface area contributed by atoms with E-state index in [2.05, 4.69) is 56.0 Å². The minimum Gasteiger partial charge on any atom is -0.491 e. The van der Waals surface area contributed by atoms with Crippen molar-refractivity contribution in [2.45, 2.75) is 84.5 Å². The van der Waals surface area contributed by atoms with Crippen molar-refractivity contribution in [3.8, 4) is 17.6 Å². The number of aryl methyl sites for hydroxylation is 1. The third kappa shape index (κ3) is 12.1. The van der Waals surface area contributed by atoms with Gasteiger partial charge in [-0.1, -0.05) is 32.6 Å². The van der Waals surface area contributed by atoms with Crippen molar-refractivity contribution in [1.82, 2.24) is 9.88 Å². The second-order valence-electron chi connectivity index (χ2n) is 12.9. The number of thiazole rings is 1. The van der Waals surface area contributed by atoms with E-state index in [1.165, 1.54) is 35.5 Å². The average Bonchev–Trinajstić information content (AvgIpc) is 3.32. The summed E-state index contributed by atoms with van der Waals surface area (Å²) in [6, 6.07) is 4.48. The van der Waals surface area contributed by atoms with Crippen LogP contribution in [0.1, 0.15) is 75.3 Å². The summed E-state index contributed by atoms with van der Waals surface area (Å²) < 4.78 is 36.7. The molecule has 1 aromatic heterocycles. The van der Waals surface area contributed by atoms with Gasteiger partial charge in [0.1, 0.15) is 5.60 Å². The average molecular weight is 650 g/mol. The molecule has 1 amide bonds. The third-order valence-electron chi connectivity index (χ3n) is 6.93. The molecule has 1 aromatic carbocycles. The van der Waals surface area contributed by atoms with Crippen LogP contribution in [0.15, 0.2) is 18.2 Å². The van der Waals surface area contributed by atoms with E-state index in [0.717, 1.165) is 11.3 Å². The smallest absolute Gasteiger partial charge is 0.410 e. The van der Waals surface area contributed by atoms with Gasteiger partial charge in [0.05, 0.1) is 20.3 Å². The van der Waals surface area contributed by atoms with Crippen LogP contribution in [0.5, 0.6) is 5.75 Å². The molecular weight excluding hydrogens is 602 g/mol. The van der Waals surface area contributed by atoms with E-state index in [-0.39, 0.29) is 29.6 Å². The van der Waals surface area contributed by atoms with Gasteiger partial charge in [-0.3, -0.25) is 0 Å². The molecule has 0 unspecified atom stereocenters. The maximum Gasteiger partial charge on any atom is 0.410 e. The van der Waals surface area contributed by atoms with Crippen LogP contribution < -0.4 is 10.1 Å². The van der Waals surface area contributed by atoms with E-state index in [1.807, 2.05) is 0 Å². The van der Waals surface area contributed by atoms with Crippen molar-refractivity contribution >= 4 is 36.8 Å². The minimum atomic E-state index is -1.79. The van der Waals surface area contributed by atoms with Crippen molar-refractivity contribution in [2.24, 2.45) is 0 Å². The number of anilines is 1. The summed E-state index contributed by atoms with van der Waals surface area (Å²) in [7, 11) is 1.13. The lowest BCUT2D eigenvalue weighted by Crippen LogP contribution is -2.41. The van der Waals surface area contributed by atoms with Crippen LogP contribution in [0.4, 0.5) is 14.3 Å². The summed E-state index contributed by atoms with van der Waals surface area (Å²) >= 11 is 1.40. The number of aromatic nitrogens is 1. The number of methoxy groups -OCH3 is 1. The molecule has 2 rings (SSSR count). The molecule has 0 aliphatic heterocycles. The Labute approximate surface area is 266 Å². The van der Waals surface area contributed by atoms with Crippen LogP contribution >= 0.6 is 11.3 Å². The maximum atomic E-state index is 14.7. The Morgan fingerprint density at radius 3 is 2.43 bits per heavy atom. The molecule has 0 bridgehead atoms. The Hall–Kier alpha value is -3.14. The first-order valence-electron chi connectivity index (χ1n) is 14.7. The van der Waals surface area contributed by atoms with Gasteiger partial charge in [-0.05, 0) is 76.4 Å². The lowest BCUT2D eigenvalue weighted by atomic mass is 10.2. The van der Waals surface area contributed by atoms with Gasteiger partial charge in [-0.2, -0.15) is 0 Å². The Bertz CT molecular complexity index is 1320.